The first-order chi connectivity index (χ1) is 26.5. The molecule has 1 aliphatic carbocycles. The third-order valence-electron chi connectivity index (χ3n) is 11.3. The minimum Gasteiger partial charge on any atom is -0.310 e. The number of fused-ring (bicyclic) bond motifs is 8. The molecule has 4 heteroatoms. The molecule has 0 aliphatic heterocycles. The Labute approximate surface area is 318 Å². The van der Waals surface area contributed by atoms with Gasteiger partial charge in [0.1, 0.15) is 5.82 Å². The molecule has 0 unspecified atom stereocenters. The molecule has 11 rings (SSSR count). The Bertz CT molecular complexity index is 3070. The number of aromatic nitrogens is 2. The number of anilines is 3. The van der Waals surface area contributed by atoms with Crippen LogP contribution in [0.1, 0.15) is 25.0 Å². The van der Waals surface area contributed by atoms with Crippen LogP contribution in [0.2, 0.25) is 0 Å². The van der Waals surface area contributed by atoms with Crippen molar-refractivity contribution in [3.05, 3.63) is 187 Å². The maximum absolute atomic E-state index is 5.30. The normalized spacial score (nSPS) is 13.1. The van der Waals surface area contributed by atoms with Crippen LogP contribution in [0.25, 0.3) is 70.2 Å². The lowest BCUT2D eigenvalue weighted by molar-refractivity contribution is 0.662. The average Bonchev–Trinajstić information content (AvgIpc) is 3.85. The standard InChI is InChI=1S/C50H35N3S/c1-50(2)43-28-34-26-37(52(35-16-8-4-9-17-35)38-24-25-48-42(29-38)39-20-12-13-21-47(39)54-48)23-22-33(34)27-40(43)41-30-46-45(31-44(41)50)51-49(32-14-6-3-7-15-32)53(46)36-18-10-5-11-19-36/h3-31H,1-2H3. The highest BCUT2D eigenvalue weighted by Crippen LogP contribution is 2.52. The van der Waals surface area contributed by atoms with Crippen molar-refractivity contribution in [2.45, 2.75) is 19.3 Å². The molecule has 0 saturated carbocycles. The van der Waals surface area contributed by atoms with Gasteiger partial charge in [-0.2, -0.15) is 0 Å². The smallest absolute Gasteiger partial charge is 0.145 e. The van der Waals surface area contributed by atoms with Gasteiger partial charge in [-0.05, 0) is 118 Å². The lowest BCUT2D eigenvalue weighted by Gasteiger charge is -2.26. The van der Waals surface area contributed by atoms with E-state index in [1.165, 1.54) is 53.2 Å². The molecule has 54 heavy (non-hydrogen) atoms. The van der Waals surface area contributed by atoms with Crippen LogP contribution in [0, 0.1) is 0 Å². The zero-order chi connectivity index (χ0) is 36.0. The fraction of sp³-hybridized carbons (Fsp3) is 0.0600. The first-order valence-electron chi connectivity index (χ1n) is 18.5. The van der Waals surface area contributed by atoms with E-state index in [4.69, 9.17) is 4.98 Å². The molecule has 0 N–H and O–H groups in total. The molecule has 0 spiro atoms. The predicted octanol–water partition coefficient (Wildman–Crippen LogP) is 14.0. The SMILES string of the molecule is CC1(C)c2cc3cc(N(c4ccccc4)c4ccc5sc6ccccc6c5c4)ccc3cc2-c2cc3c(cc21)nc(-c1ccccc1)n3-c1ccccc1. The van der Waals surface area contributed by atoms with Gasteiger partial charge < -0.3 is 4.90 Å². The van der Waals surface area contributed by atoms with Gasteiger partial charge in [-0.25, -0.2) is 4.98 Å². The van der Waals surface area contributed by atoms with Gasteiger partial charge in [0.25, 0.3) is 0 Å². The van der Waals surface area contributed by atoms with Crippen molar-refractivity contribution in [2.75, 3.05) is 4.90 Å². The molecule has 256 valence electrons. The second-order valence-electron chi connectivity index (χ2n) is 14.9. The van der Waals surface area contributed by atoms with Gasteiger partial charge >= 0.3 is 0 Å². The van der Waals surface area contributed by atoms with Crippen LogP contribution in [0.15, 0.2) is 176 Å². The number of hydrogen-bond acceptors (Lipinski definition) is 3. The lowest BCUT2D eigenvalue weighted by atomic mass is 9.81. The zero-order valence-corrected chi connectivity index (χ0v) is 30.8. The second-order valence-corrected chi connectivity index (χ2v) is 15.9. The quantitative estimate of drug-likeness (QED) is 0.177. The third kappa shape index (κ3) is 4.70. The molecule has 8 aromatic carbocycles. The minimum atomic E-state index is -0.198. The molecule has 0 bridgehead atoms. The van der Waals surface area contributed by atoms with Crippen LogP contribution < -0.4 is 4.90 Å². The first-order valence-corrected chi connectivity index (χ1v) is 19.4. The maximum Gasteiger partial charge on any atom is 0.145 e. The number of nitrogens with zero attached hydrogens (tertiary/aromatic N) is 3. The topological polar surface area (TPSA) is 21.1 Å². The lowest BCUT2D eigenvalue weighted by Crippen LogP contribution is -2.15. The minimum absolute atomic E-state index is 0.198. The third-order valence-corrected chi connectivity index (χ3v) is 12.5. The molecule has 0 saturated heterocycles. The number of thiophene rings is 1. The summed E-state index contributed by atoms with van der Waals surface area (Å²) in [6, 6.07) is 64.0. The van der Waals surface area contributed by atoms with Crippen molar-refractivity contribution in [3.63, 3.8) is 0 Å². The van der Waals surface area contributed by atoms with Crippen molar-refractivity contribution in [1.82, 2.24) is 9.55 Å². The molecule has 2 heterocycles. The van der Waals surface area contributed by atoms with E-state index < -0.39 is 0 Å². The van der Waals surface area contributed by atoms with Crippen molar-refractivity contribution in [1.29, 1.82) is 0 Å². The Morgan fingerprint density at radius 1 is 0.519 bits per heavy atom. The molecule has 0 fully saturated rings. The van der Waals surface area contributed by atoms with Crippen LogP contribution in [-0.2, 0) is 5.41 Å². The summed E-state index contributed by atoms with van der Waals surface area (Å²) in [7, 11) is 0. The molecule has 0 atom stereocenters. The van der Waals surface area contributed by atoms with Gasteiger partial charge in [0.2, 0.25) is 0 Å². The Balaban J connectivity index is 1.08. The number of imidazole rings is 1. The summed E-state index contributed by atoms with van der Waals surface area (Å²) in [5.41, 5.74) is 12.8. The summed E-state index contributed by atoms with van der Waals surface area (Å²) in [5, 5.41) is 5.07. The van der Waals surface area contributed by atoms with Crippen LogP contribution in [-0.4, -0.2) is 9.55 Å². The van der Waals surface area contributed by atoms with Crippen molar-refractivity contribution in [3.8, 4) is 28.2 Å². The highest BCUT2D eigenvalue weighted by Gasteiger charge is 2.37. The monoisotopic (exact) mass is 709 g/mol. The number of hydrogen-bond donors (Lipinski definition) is 0. The van der Waals surface area contributed by atoms with E-state index in [0.717, 1.165) is 45.2 Å². The first kappa shape index (κ1) is 31.1. The van der Waals surface area contributed by atoms with E-state index in [-0.39, 0.29) is 5.41 Å². The van der Waals surface area contributed by atoms with Crippen molar-refractivity contribution < 1.29 is 0 Å². The molecule has 0 amide bonds. The van der Waals surface area contributed by atoms with Crippen LogP contribution in [0.3, 0.4) is 0 Å². The van der Waals surface area contributed by atoms with Gasteiger partial charge in [-0.1, -0.05) is 105 Å². The Morgan fingerprint density at radius 2 is 1.17 bits per heavy atom. The summed E-state index contributed by atoms with van der Waals surface area (Å²) in [6.45, 7) is 4.73. The highest BCUT2D eigenvalue weighted by atomic mass is 32.1. The molecular weight excluding hydrogens is 675 g/mol. The number of benzene rings is 8. The summed E-state index contributed by atoms with van der Waals surface area (Å²) >= 11 is 1.86. The van der Waals surface area contributed by atoms with Crippen LogP contribution in [0.4, 0.5) is 17.1 Å². The Kier molecular flexibility index (Phi) is 6.77. The number of para-hydroxylation sites is 2. The molecule has 2 aromatic heterocycles. The fourth-order valence-corrected chi connectivity index (χ4v) is 9.76. The van der Waals surface area contributed by atoms with Crippen LogP contribution >= 0.6 is 11.3 Å². The largest absolute Gasteiger partial charge is 0.310 e. The number of rotatable bonds is 5. The Hall–Kier alpha value is -6.49. The second kappa shape index (κ2) is 11.8. The van der Waals surface area contributed by atoms with E-state index in [1.54, 1.807) is 0 Å². The van der Waals surface area contributed by atoms with Gasteiger partial charge in [-0.15, -0.1) is 11.3 Å². The van der Waals surface area contributed by atoms with Gasteiger partial charge in [0.05, 0.1) is 11.0 Å². The van der Waals surface area contributed by atoms with Crippen molar-refractivity contribution in [2.24, 2.45) is 0 Å². The van der Waals surface area contributed by atoms with Crippen molar-refractivity contribution >= 4 is 70.4 Å². The molecule has 1 aliphatic rings. The summed E-state index contributed by atoms with van der Waals surface area (Å²) in [5.74, 6) is 0.957. The Morgan fingerprint density at radius 3 is 1.98 bits per heavy atom. The van der Waals surface area contributed by atoms with Crippen LogP contribution in [0.5, 0.6) is 0 Å². The van der Waals surface area contributed by atoms with Gasteiger partial charge in [-0.3, -0.25) is 4.57 Å². The molecular formula is C50H35N3S. The summed E-state index contributed by atoms with van der Waals surface area (Å²) < 4.78 is 4.95. The zero-order valence-electron chi connectivity index (χ0n) is 30.0. The summed E-state index contributed by atoms with van der Waals surface area (Å²) in [4.78, 5) is 7.69. The molecule has 0 radical (unpaired) electrons. The fourth-order valence-electron chi connectivity index (χ4n) is 8.67. The van der Waals surface area contributed by atoms with E-state index >= 15 is 0 Å². The average molecular weight is 710 g/mol. The van der Waals surface area contributed by atoms with Gasteiger partial charge in [0, 0.05) is 53.9 Å². The van der Waals surface area contributed by atoms with Gasteiger partial charge in [0.15, 0.2) is 0 Å². The highest BCUT2D eigenvalue weighted by molar-refractivity contribution is 7.25. The summed E-state index contributed by atoms with van der Waals surface area (Å²) in [6.07, 6.45) is 0. The molecule has 3 nitrogen and oxygen atoms in total. The van der Waals surface area contributed by atoms with E-state index in [1.807, 2.05) is 11.3 Å². The predicted molar refractivity (Wildman–Crippen MR) is 229 cm³/mol. The van der Waals surface area contributed by atoms with E-state index in [0.29, 0.717) is 0 Å². The molecule has 10 aromatic rings. The maximum atomic E-state index is 5.30. The van der Waals surface area contributed by atoms with E-state index in [9.17, 15) is 0 Å². The van der Waals surface area contributed by atoms with E-state index in [2.05, 4.69) is 199 Å².